The maximum Gasteiger partial charge on any atom is 0.389 e. The van der Waals surface area contributed by atoms with E-state index in [1.54, 1.807) is 27.7 Å². The van der Waals surface area contributed by atoms with Gasteiger partial charge in [-0.15, -0.1) is 0 Å². The molecule has 0 aromatic carbocycles. The second-order valence-corrected chi connectivity index (χ2v) is 9.23. The van der Waals surface area contributed by atoms with Crippen molar-refractivity contribution in [3.63, 3.8) is 0 Å². The van der Waals surface area contributed by atoms with Crippen molar-refractivity contribution in [3.8, 4) is 0 Å². The van der Waals surface area contributed by atoms with Gasteiger partial charge in [0.05, 0.1) is 0 Å². The summed E-state index contributed by atoms with van der Waals surface area (Å²) in [6.45, 7) is 6.48. The van der Waals surface area contributed by atoms with Crippen molar-refractivity contribution < 1.29 is 32.3 Å². The Hall–Kier alpha value is -2.57. The molecule has 0 heterocycles. The van der Waals surface area contributed by atoms with E-state index >= 15 is 0 Å². The zero-order valence-electron chi connectivity index (χ0n) is 20.4. The van der Waals surface area contributed by atoms with Crippen LogP contribution in [-0.2, 0) is 19.2 Å². The summed E-state index contributed by atoms with van der Waals surface area (Å²) in [6.07, 6.45) is 1.04. The third kappa shape index (κ3) is 6.97. The number of Topliss-reactive ketones (excluding diaryl/α,β-unsaturated/α-hetero) is 3. The molecule has 0 saturated carbocycles. The van der Waals surface area contributed by atoms with E-state index in [1.807, 2.05) is 0 Å². The van der Waals surface area contributed by atoms with Crippen LogP contribution in [0.1, 0.15) is 91.9 Å². The van der Waals surface area contributed by atoms with Crippen LogP contribution >= 0.6 is 0 Å². The molecule has 0 atom stereocenters. The lowest BCUT2D eigenvalue weighted by molar-refractivity contribution is -0.135. The average molecular weight is 479 g/mol. The first-order valence-corrected chi connectivity index (χ1v) is 11.9. The molecule has 0 radical (unpaired) electrons. The normalized spacial score (nSPS) is 17.9. The van der Waals surface area contributed by atoms with Crippen LogP contribution in [0.3, 0.4) is 0 Å². The van der Waals surface area contributed by atoms with Gasteiger partial charge in [-0.25, -0.2) is 0 Å². The summed E-state index contributed by atoms with van der Waals surface area (Å²) >= 11 is 0. The maximum absolute atomic E-state index is 13.0. The lowest BCUT2D eigenvalue weighted by atomic mass is 9.80. The molecule has 0 bridgehead atoms. The minimum absolute atomic E-state index is 0.138. The van der Waals surface area contributed by atoms with Crippen molar-refractivity contribution in [2.45, 2.75) is 98.1 Å². The number of unbranched alkanes of at least 4 members (excludes halogenated alkanes) is 5. The second-order valence-electron chi connectivity index (χ2n) is 9.23. The fraction of sp³-hybridized carbons (Fsp3) is 0.556. The highest BCUT2D eigenvalue weighted by atomic mass is 19.4. The Labute approximate surface area is 199 Å². The highest BCUT2D eigenvalue weighted by Gasteiger charge is 2.31. The molecule has 0 aromatic heterocycles. The molecule has 186 valence electrons. The first-order chi connectivity index (χ1) is 15.8. The predicted molar refractivity (Wildman–Crippen MR) is 124 cm³/mol. The molecule has 0 aromatic rings. The van der Waals surface area contributed by atoms with Gasteiger partial charge in [-0.05, 0) is 65.9 Å². The molecule has 0 saturated heterocycles. The van der Waals surface area contributed by atoms with E-state index in [4.69, 9.17) is 0 Å². The largest absolute Gasteiger partial charge is 0.389 e. The van der Waals surface area contributed by atoms with Gasteiger partial charge >= 0.3 is 6.18 Å². The van der Waals surface area contributed by atoms with Gasteiger partial charge in [0.1, 0.15) is 0 Å². The van der Waals surface area contributed by atoms with E-state index in [2.05, 4.69) is 0 Å². The zero-order chi connectivity index (χ0) is 25.6. The third-order valence-electron chi connectivity index (χ3n) is 6.69. The second kappa shape index (κ2) is 11.7. The fourth-order valence-electron chi connectivity index (χ4n) is 4.53. The van der Waals surface area contributed by atoms with E-state index in [-0.39, 0.29) is 42.4 Å². The Morgan fingerprint density at radius 3 is 1.59 bits per heavy atom. The zero-order valence-corrected chi connectivity index (χ0v) is 20.4. The topological polar surface area (TPSA) is 68.3 Å². The Balaban J connectivity index is 1.91. The Bertz CT molecular complexity index is 1000. The van der Waals surface area contributed by atoms with Gasteiger partial charge in [-0.3, -0.25) is 19.2 Å². The van der Waals surface area contributed by atoms with Crippen molar-refractivity contribution in [2.75, 3.05) is 0 Å². The molecule has 0 spiro atoms. The summed E-state index contributed by atoms with van der Waals surface area (Å²) in [5.41, 5.74) is 2.88. The van der Waals surface area contributed by atoms with Crippen LogP contribution in [-0.4, -0.2) is 29.3 Å². The molecular formula is C27H33F3O4. The maximum atomic E-state index is 13.0. The Morgan fingerprint density at radius 1 is 0.588 bits per heavy atom. The van der Waals surface area contributed by atoms with Crippen LogP contribution in [0.25, 0.3) is 0 Å². The van der Waals surface area contributed by atoms with E-state index in [0.717, 1.165) is 19.3 Å². The Morgan fingerprint density at radius 2 is 1.03 bits per heavy atom. The molecular weight excluding hydrogens is 445 g/mol. The molecule has 4 nitrogen and oxygen atoms in total. The SMILES string of the molecule is CC1=CC(=O)C(CCC2=C(C)C(=O)C(CCCCCCCCC(F)(F)F)=C(C)C2=O)=C(C)C1=O. The number of allylic oxidation sites excluding steroid dienone is 8. The summed E-state index contributed by atoms with van der Waals surface area (Å²) in [5.74, 6) is -0.762. The number of carbonyl (C=O) groups excluding carboxylic acids is 4. The lowest BCUT2D eigenvalue weighted by Crippen LogP contribution is -2.23. The first-order valence-electron chi connectivity index (χ1n) is 11.9. The van der Waals surface area contributed by atoms with Crippen molar-refractivity contribution in [1.29, 1.82) is 0 Å². The van der Waals surface area contributed by atoms with Crippen LogP contribution in [0.2, 0.25) is 0 Å². The van der Waals surface area contributed by atoms with Crippen LogP contribution in [0.5, 0.6) is 0 Å². The number of hydrogen-bond donors (Lipinski definition) is 0. The van der Waals surface area contributed by atoms with Gasteiger partial charge in [0, 0.05) is 45.4 Å². The molecule has 2 rings (SSSR count). The molecule has 0 aliphatic heterocycles. The number of rotatable bonds is 11. The predicted octanol–water partition coefficient (Wildman–Crippen LogP) is 6.65. The smallest absolute Gasteiger partial charge is 0.290 e. The molecule has 34 heavy (non-hydrogen) atoms. The molecule has 7 heteroatoms. The van der Waals surface area contributed by atoms with Gasteiger partial charge < -0.3 is 0 Å². The Kier molecular flexibility index (Phi) is 9.54. The average Bonchev–Trinajstić information content (AvgIpc) is 2.75. The van der Waals surface area contributed by atoms with Gasteiger partial charge in [0.15, 0.2) is 23.1 Å². The molecule has 0 amide bonds. The quantitative estimate of drug-likeness (QED) is 0.246. The number of ketones is 4. The number of hydrogen-bond acceptors (Lipinski definition) is 4. The molecule has 0 N–H and O–H groups in total. The summed E-state index contributed by atoms with van der Waals surface area (Å²) < 4.78 is 36.5. The summed E-state index contributed by atoms with van der Waals surface area (Å²) in [4.78, 5) is 50.5. The minimum atomic E-state index is -4.10. The van der Waals surface area contributed by atoms with Gasteiger partial charge in [0.25, 0.3) is 0 Å². The van der Waals surface area contributed by atoms with Crippen molar-refractivity contribution >= 4 is 23.1 Å². The monoisotopic (exact) mass is 478 g/mol. The van der Waals surface area contributed by atoms with Crippen LogP contribution in [0, 0.1) is 0 Å². The van der Waals surface area contributed by atoms with E-state index < -0.39 is 12.6 Å². The number of alkyl halides is 3. The van der Waals surface area contributed by atoms with Crippen molar-refractivity contribution in [2.24, 2.45) is 0 Å². The molecule has 2 aliphatic carbocycles. The number of halogens is 3. The van der Waals surface area contributed by atoms with Gasteiger partial charge in [-0.1, -0.05) is 25.7 Å². The summed E-state index contributed by atoms with van der Waals surface area (Å²) in [5, 5.41) is 0. The number of carbonyl (C=O) groups is 4. The summed E-state index contributed by atoms with van der Waals surface area (Å²) in [6, 6.07) is 0. The van der Waals surface area contributed by atoms with Crippen LogP contribution in [0.15, 0.2) is 45.1 Å². The van der Waals surface area contributed by atoms with Gasteiger partial charge in [-0.2, -0.15) is 13.2 Å². The highest BCUT2D eigenvalue weighted by Crippen LogP contribution is 2.32. The van der Waals surface area contributed by atoms with Crippen molar-refractivity contribution in [1.82, 2.24) is 0 Å². The van der Waals surface area contributed by atoms with Gasteiger partial charge in [0.2, 0.25) is 0 Å². The van der Waals surface area contributed by atoms with E-state index in [1.165, 1.54) is 6.08 Å². The van der Waals surface area contributed by atoms with E-state index in [0.29, 0.717) is 58.3 Å². The third-order valence-corrected chi connectivity index (χ3v) is 6.69. The fourth-order valence-corrected chi connectivity index (χ4v) is 4.53. The molecule has 2 aliphatic rings. The van der Waals surface area contributed by atoms with Crippen LogP contribution < -0.4 is 0 Å². The summed E-state index contributed by atoms with van der Waals surface area (Å²) in [7, 11) is 0. The standard InChI is InChI=1S/C27H33F3O4/c1-16-15-23(31)20(17(2)24(16)32)12-13-22-19(4)25(33)21(18(3)26(22)34)11-9-7-5-6-8-10-14-27(28,29)30/h15H,5-14H2,1-4H3. The molecule has 0 unspecified atom stereocenters. The highest BCUT2D eigenvalue weighted by molar-refractivity contribution is 6.25. The first kappa shape index (κ1) is 27.7. The lowest BCUT2D eigenvalue weighted by Gasteiger charge is -2.22. The van der Waals surface area contributed by atoms with Crippen LogP contribution in [0.4, 0.5) is 13.2 Å². The van der Waals surface area contributed by atoms with Crippen molar-refractivity contribution in [3.05, 3.63) is 45.1 Å². The molecule has 0 fully saturated rings. The minimum Gasteiger partial charge on any atom is -0.290 e. The van der Waals surface area contributed by atoms with E-state index in [9.17, 15) is 32.3 Å².